The second-order valence-electron chi connectivity index (χ2n) is 9.04. The Labute approximate surface area is 129 Å². The minimum Gasteiger partial charge on any atom is -0.457 e. The van der Waals surface area contributed by atoms with Gasteiger partial charge in [-0.15, -0.1) is 0 Å². The van der Waals surface area contributed by atoms with E-state index in [0.717, 1.165) is 6.42 Å². The molecular weight excluding hydrogens is 268 g/mol. The summed E-state index contributed by atoms with van der Waals surface area (Å²) in [5, 5.41) is 0. The molecule has 0 rings (SSSR count). The van der Waals surface area contributed by atoms with Crippen molar-refractivity contribution < 1.29 is 19.1 Å². The Hall–Kier alpha value is -1.06. The van der Waals surface area contributed by atoms with Gasteiger partial charge in [0.15, 0.2) is 0 Å². The van der Waals surface area contributed by atoms with Crippen LogP contribution in [0.2, 0.25) is 0 Å². The van der Waals surface area contributed by atoms with Crippen LogP contribution < -0.4 is 0 Å². The smallest absolute Gasteiger partial charge is 0.350 e. The summed E-state index contributed by atoms with van der Waals surface area (Å²) < 4.78 is 10.9. The minimum absolute atomic E-state index is 0.0377. The van der Waals surface area contributed by atoms with Gasteiger partial charge in [-0.05, 0) is 60.3 Å². The lowest BCUT2D eigenvalue weighted by atomic mass is 9.83. The quantitative estimate of drug-likeness (QED) is 0.733. The molecule has 0 unspecified atom stereocenters. The van der Waals surface area contributed by atoms with Gasteiger partial charge in [-0.2, -0.15) is 0 Å². The van der Waals surface area contributed by atoms with E-state index in [1.54, 1.807) is 34.6 Å². The van der Waals surface area contributed by atoms with Crippen LogP contribution in [0.15, 0.2) is 0 Å². The average Bonchev–Trinajstić information content (AvgIpc) is 2.09. The SMILES string of the molecule is CC(C)(C)CC(C)(C)OC(=O)C(C)(C)OC(=O)C(C)(C)C. The van der Waals surface area contributed by atoms with Crippen LogP contribution in [-0.4, -0.2) is 23.1 Å². The van der Waals surface area contributed by atoms with Gasteiger partial charge in [-0.3, -0.25) is 4.79 Å². The topological polar surface area (TPSA) is 52.6 Å². The number of carbonyl (C=O) groups excluding carboxylic acids is 2. The first kappa shape index (κ1) is 19.9. The Morgan fingerprint density at radius 2 is 1.14 bits per heavy atom. The molecule has 0 heterocycles. The lowest BCUT2D eigenvalue weighted by molar-refractivity contribution is -0.193. The molecule has 0 saturated carbocycles. The van der Waals surface area contributed by atoms with Crippen molar-refractivity contribution >= 4 is 11.9 Å². The maximum Gasteiger partial charge on any atom is 0.350 e. The summed E-state index contributed by atoms with van der Waals surface area (Å²) in [5.41, 5.74) is -2.52. The highest BCUT2D eigenvalue weighted by molar-refractivity contribution is 5.84. The fourth-order valence-electron chi connectivity index (χ4n) is 2.11. The third-order valence-electron chi connectivity index (χ3n) is 2.78. The van der Waals surface area contributed by atoms with E-state index in [-0.39, 0.29) is 5.41 Å². The molecule has 0 bridgehead atoms. The van der Waals surface area contributed by atoms with Gasteiger partial charge in [0.2, 0.25) is 5.60 Å². The molecule has 0 aliphatic heterocycles. The average molecular weight is 300 g/mol. The van der Waals surface area contributed by atoms with Crippen LogP contribution >= 0.6 is 0 Å². The summed E-state index contributed by atoms with van der Waals surface area (Å²) in [6, 6.07) is 0. The predicted molar refractivity (Wildman–Crippen MR) is 83.9 cm³/mol. The number of hydrogen-bond acceptors (Lipinski definition) is 4. The van der Waals surface area contributed by atoms with Crippen LogP contribution in [0.25, 0.3) is 0 Å². The first-order valence-corrected chi connectivity index (χ1v) is 7.43. The number of esters is 2. The van der Waals surface area contributed by atoms with Gasteiger partial charge in [0, 0.05) is 0 Å². The Morgan fingerprint density at radius 3 is 1.48 bits per heavy atom. The fraction of sp³-hybridized carbons (Fsp3) is 0.882. The van der Waals surface area contributed by atoms with Gasteiger partial charge in [0.25, 0.3) is 0 Å². The molecule has 0 aliphatic carbocycles. The summed E-state index contributed by atoms with van der Waals surface area (Å²) in [6.07, 6.45) is 0.717. The van der Waals surface area contributed by atoms with Gasteiger partial charge < -0.3 is 9.47 Å². The summed E-state index contributed by atoms with van der Waals surface area (Å²) >= 11 is 0. The zero-order valence-electron chi connectivity index (χ0n) is 15.3. The van der Waals surface area contributed by atoms with Gasteiger partial charge in [-0.25, -0.2) is 4.79 Å². The first-order chi connectivity index (χ1) is 8.96. The molecule has 0 atom stereocenters. The summed E-state index contributed by atoms with van der Waals surface area (Å²) in [7, 11) is 0. The molecule has 0 spiro atoms. The van der Waals surface area contributed by atoms with Crippen LogP contribution in [0.3, 0.4) is 0 Å². The second-order valence-corrected chi connectivity index (χ2v) is 9.04. The standard InChI is InChI=1S/C17H32O4/c1-14(2,3)11-16(7,8)20-13(19)17(9,10)21-12(18)15(4,5)6/h11H2,1-10H3. The molecule has 0 saturated heterocycles. The van der Waals surface area contributed by atoms with Crippen molar-refractivity contribution in [2.45, 2.75) is 86.9 Å². The third-order valence-corrected chi connectivity index (χ3v) is 2.78. The molecule has 4 heteroatoms. The molecule has 0 aromatic carbocycles. The molecule has 0 aromatic heterocycles. The van der Waals surface area contributed by atoms with E-state index >= 15 is 0 Å². The molecule has 0 radical (unpaired) electrons. The monoisotopic (exact) mass is 300 g/mol. The third kappa shape index (κ3) is 7.49. The van der Waals surface area contributed by atoms with Gasteiger partial charge in [-0.1, -0.05) is 20.8 Å². The molecule has 4 nitrogen and oxygen atoms in total. The van der Waals surface area contributed by atoms with Crippen molar-refractivity contribution in [3.8, 4) is 0 Å². The predicted octanol–water partition coefficient (Wildman–Crippen LogP) is 4.11. The van der Waals surface area contributed by atoms with Crippen LogP contribution in [0.4, 0.5) is 0 Å². The van der Waals surface area contributed by atoms with E-state index in [9.17, 15) is 9.59 Å². The summed E-state index contributed by atoms with van der Waals surface area (Å²) in [4.78, 5) is 24.3. The van der Waals surface area contributed by atoms with E-state index in [1.807, 2.05) is 13.8 Å². The lowest BCUT2D eigenvalue weighted by Gasteiger charge is -2.35. The highest BCUT2D eigenvalue weighted by atomic mass is 16.6. The van der Waals surface area contributed by atoms with E-state index in [0.29, 0.717) is 0 Å². The Bertz CT molecular complexity index is 392. The Balaban J connectivity index is 4.88. The summed E-state index contributed by atoms with van der Waals surface area (Å²) in [6.45, 7) is 18.4. The maximum atomic E-state index is 12.3. The van der Waals surface area contributed by atoms with Crippen molar-refractivity contribution in [2.75, 3.05) is 0 Å². The number of rotatable bonds is 4. The minimum atomic E-state index is -1.29. The Morgan fingerprint density at radius 1 is 0.714 bits per heavy atom. The number of ether oxygens (including phenoxy) is 2. The highest BCUT2D eigenvalue weighted by Gasteiger charge is 2.40. The van der Waals surface area contributed by atoms with Crippen LogP contribution in [0, 0.1) is 10.8 Å². The van der Waals surface area contributed by atoms with Gasteiger partial charge in [0.05, 0.1) is 5.41 Å². The molecule has 0 aromatic rings. The molecule has 0 aliphatic rings. The number of carbonyl (C=O) groups is 2. The van der Waals surface area contributed by atoms with Crippen molar-refractivity contribution in [1.29, 1.82) is 0 Å². The zero-order valence-corrected chi connectivity index (χ0v) is 15.3. The highest BCUT2D eigenvalue weighted by Crippen LogP contribution is 2.31. The zero-order chi connectivity index (χ0) is 17.3. The van der Waals surface area contributed by atoms with E-state index in [1.165, 1.54) is 0 Å². The maximum absolute atomic E-state index is 12.3. The fourth-order valence-corrected chi connectivity index (χ4v) is 2.11. The van der Waals surface area contributed by atoms with Crippen molar-refractivity contribution in [3.63, 3.8) is 0 Å². The van der Waals surface area contributed by atoms with E-state index in [2.05, 4.69) is 20.8 Å². The number of hydrogen-bond donors (Lipinski definition) is 0. The molecule has 0 N–H and O–H groups in total. The molecule has 21 heavy (non-hydrogen) atoms. The van der Waals surface area contributed by atoms with E-state index in [4.69, 9.17) is 9.47 Å². The van der Waals surface area contributed by atoms with Gasteiger partial charge in [0.1, 0.15) is 5.60 Å². The largest absolute Gasteiger partial charge is 0.457 e. The Kier molecular flexibility index (Phi) is 5.67. The van der Waals surface area contributed by atoms with Gasteiger partial charge >= 0.3 is 11.9 Å². The lowest BCUT2D eigenvalue weighted by Crippen LogP contribution is -2.45. The summed E-state index contributed by atoms with van der Waals surface area (Å²) in [5.74, 6) is -0.938. The van der Waals surface area contributed by atoms with Crippen LogP contribution in [0.1, 0.15) is 75.7 Å². The van der Waals surface area contributed by atoms with Crippen molar-refractivity contribution in [2.24, 2.45) is 10.8 Å². The second kappa shape index (κ2) is 5.98. The molecular formula is C17H32O4. The van der Waals surface area contributed by atoms with Crippen LogP contribution in [-0.2, 0) is 19.1 Å². The van der Waals surface area contributed by atoms with Crippen LogP contribution in [0.5, 0.6) is 0 Å². The molecule has 0 amide bonds. The molecule has 124 valence electrons. The first-order valence-electron chi connectivity index (χ1n) is 7.43. The normalized spacial score (nSPS) is 13.8. The van der Waals surface area contributed by atoms with Crippen molar-refractivity contribution in [1.82, 2.24) is 0 Å². The van der Waals surface area contributed by atoms with E-state index < -0.39 is 28.6 Å². The molecule has 0 fully saturated rings. The van der Waals surface area contributed by atoms with Crippen molar-refractivity contribution in [3.05, 3.63) is 0 Å².